The van der Waals surface area contributed by atoms with Crippen molar-refractivity contribution in [2.45, 2.75) is 0 Å². The Bertz CT molecular complexity index is 745. The summed E-state index contributed by atoms with van der Waals surface area (Å²) in [6.07, 6.45) is 5.63. The minimum absolute atomic E-state index is 0.144. The molecule has 0 saturated carbocycles. The molecule has 0 nitrogen and oxygen atoms in total. The first kappa shape index (κ1) is 25.0. The Morgan fingerprint density at radius 3 is 1.34 bits per heavy atom. The fraction of sp³-hybridized carbons (Fsp3) is 0.250. The second-order valence-electron chi connectivity index (χ2n) is 7.39. The van der Waals surface area contributed by atoms with E-state index in [1.165, 1.54) is 24.6 Å². The molecule has 29 heavy (non-hydrogen) atoms. The van der Waals surface area contributed by atoms with Crippen molar-refractivity contribution in [3.8, 4) is 0 Å². The van der Waals surface area contributed by atoms with Crippen molar-refractivity contribution in [2.75, 3.05) is 38.0 Å². The first-order valence-corrected chi connectivity index (χ1v) is 17.7. The Morgan fingerprint density at radius 2 is 0.931 bits per heavy atom. The molecule has 0 aliphatic rings. The van der Waals surface area contributed by atoms with Crippen molar-refractivity contribution in [1.29, 1.82) is 0 Å². The van der Waals surface area contributed by atoms with Crippen molar-refractivity contribution >= 4 is 49.9 Å². The van der Waals surface area contributed by atoms with Crippen LogP contribution in [0.25, 0.3) is 0 Å². The molecule has 0 heterocycles. The average Bonchev–Trinajstić information content (AvgIpc) is 2.79. The summed E-state index contributed by atoms with van der Waals surface area (Å²) in [5, 5.41) is 4.74. The first-order valence-electron chi connectivity index (χ1n) is 10.0. The zero-order valence-electron chi connectivity index (χ0n) is 17.2. The van der Waals surface area contributed by atoms with Gasteiger partial charge in [0.05, 0.1) is 42.3 Å². The van der Waals surface area contributed by atoms with Gasteiger partial charge in [0, 0.05) is 21.3 Å². The quantitative estimate of drug-likeness (QED) is 0.263. The van der Waals surface area contributed by atoms with Crippen molar-refractivity contribution in [3.05, 3.63) is 91.0 Å². The molecule has 0 N–H and O–H groups in total. The van der Waals surface area contributed by atoms with Gasteiger partial charge >= 0.3 is 24.8 Å². The van der Waals surface area contributed by atoms with Crippen LogP contribution in [0.15, 0.2) is 91.0 Å². The molecule has 5 heteroatoms. The normalized spacial score (nSPS) is 11.8. The summed E-state index contributed by atoms with van der Waals surface area (Å²) in [4.78, 5) is 0. The summed E-state index contributed by atoms with van der Waals surface area (Å²) in [6, 6.07) is 33.8. The van der Waals surface area contributed by atoms with Gasteiger partial charge in [0.1, 0.15) is 6.16 Å². The summed E-state index contributed by atoms with van der Waals surface area (Å²) in [5.41, 5.74) is 0. The van der Waals surface area contributed by atoms with E-state index in [0.29, 0.717) is 0 Å². The summed E-state index contributed by atoms with van der Waals surface area (Å²) >= 11 is 3.35. The van der Waals surface area contributed by atoms with Gasteiger partial charge in [-0.3, -0.25) is 0 Å². The van der Waals surface area contributed by atoms with Crippen molar-refractivity contribution < 1.29 is 14.6 Å². The van der Waals surface area contributed by atoms with E-state index in [9.17, 15) is 0 Å². The third-order valence-corrected chi connectivity index (χ3v) is 12.9. The fourth-order valence-electron chi connectivity index (χ4n) is 3.50. The molecule has 3 rings (SSSR count). The predicted molar refractivity (Wildman–Crippen MR) is 140 cm³/mol. The molecule has 0 radical (unpaired) electrons. The Balaban J connectivity index is 0.00000145. The molecule has 0 aliphatic heterocycles. The zero-order valence-corrected chi connectivity index (χ0v) is 21.9. The molecule has 0 bridgehead atoms. The summed E-state index contributed by atoms with van der Waals surface area (Å²) in [5.74, 6) is 0. The molecule has 0 fully saturated rings. The van der Waals surface area contributed by atoms with Gasteiger partial charge in [-0.05, 0) is 44.3 Å². The summed E-state index contributed by atoms with van der Waals surface area (Å²) in [7, 11) is 2.94. The number of benzene rings is 3. The van der Waals surface area contributed by atoms with Crippen LogP contribution in [0.3, 0.4) is 0 Å². The molecular formula is C24H32ClNiP3+3. The molecule has 1 atom stereocenters. The van der Waals surface area contributed by atoms with Gasteiger partial charge in [0.25, 0.3) is 0 Å². The number of rotatable bonds is 9. The van der Waals surface area contributed by atoms with Crippen LogP contribution in [0, 0.1) is 0 Å². The fourth-order valence-corrected chi connectivity index (χ4v) is 12.5. The molecule has 0 saturated heterocycles. The average molecular weight is 508 g/mol. The van der Waals surface area contributed by atoms with Crippen molar-refractivity contribution in [2.24, 2.45) is 0 Å². The molecule has 0 aromatic heterocycles. The molecule has 3 aromatic rings. The topological polar surface area (TPSA) is 0 Å². The number of halogens is 1. The minimum atomic E-state index is -0.706. The van der Waals surface area contributed by atoms with Gasteiger partial charge in [0.2, 0.25) is 0 Å². The van der Waals surface area contributed by atoms with Gasteiger partial charge in [-0.1, -0.05) is 54.6 Å². The molecule has 3 aromatic carbocycles. The van der Waals surface area contributed by atoms with Crippen LogP contribution in [-0.2, 0) is 14.6 Å². The molecule has 157 valence electrons. The van der Waals surface area contributed by atoms with Crippen LogP contribution in [0.1, 0.15) is 0 Å². The predicted octanol–water partition coefficient (Wildman–Crippen LogP) is 5.55. The van der Waals surface area contributed by atoms with E-state index in [1.54, 1.807) is 15.9 Å². The summed E-state index contributed by atoms with van der Waals surface area (Å²) < 4.78 is 0. The third kappa shape index (κ3) is 8.78. The van der Waals surface area contributed by atoms with Crippen LogP contribution in [0.5, 0.6) is 0 Å². The maximum atomic E-state index is 4.26. The van der Waals surface area contributed by atoms with E-state index < -0.39 is 15.8 Å². The molecular weight excluding hydrogens is 475 g/mol. The van der Waals surface area contributed by atoms with Gasteiger partial charge < -0.3 is 0 Å². The van der Waals surface area contributed by atoms with E-state index in [0.717, 1.165) is 0 Å². The van der Waals surface area contributed by atoms with E-state index in [-0.39, 0.29) is 7.92 Å². The van der Waals surface area contributed by atoms with Gasteiger partial charge in [-0.2, -0.15) is 0 Å². The van der Waals surface area contributed by atoms with E-state index in [2.05, 4.69) is 129 Å². The van der Waals surface area contributed by atoms with Gasteiger partial charge in [-0.15, -0.1) is 0 Å². The van der Waals surface area contributed by atoms with Crippen LogP contribution >= 0.6 is 34.0 Å². The van der Waals surface area contributed by atoms with Crippen LogP contribution in [-0.4, -0.2) is 38.0 Å². The number of hydrogen-bond donors (Lipinski definition) is 0. The third-order valence-electron chi connectivity index (χ3n) is 5.03. The Kier molecular flexibility index (Phi) is 12.7. The molecule has 0 spiro atoms. The Morgan fingerprint density at radius 1 is 0.552 bits per heavy atom. The van der Waals surface area contributed by atoms with Gasteiger partial charge in [0.15, 0.2) is 0 Å². The summed E-state index contributed by atoms with van der Waals surface area (Å²) in [6.45, 7) is 4.91. The standard InChI is InChI=1S/C24H29P3.ClH.Ni/c1-25(2)18-19-26(22-12-6-3-7-13-22)20-21-27(23-14-8-4-9-15-23)24-16-10-5-11-17-24;;/h3-17H,18-21H2,1-2H3;1H;/q;;+1/p+2. The Hall–Kier alpha value is -0.266. The van der Waals surface area contributed by atoms with Crippen molar-refractivity contribution in [3.63, 3.8) is 0 Å². The first-order chi connectivity index (χ1) is 14.2. The second-order valence-corrected chi connectivity index (χ2v) is 15.7. The van der Waals surface area contributed by atoms with Crippen LogP contribution < -0.4 is 15.9 Å². The monoisotopic (exact) mass is 506 g/mol. The molecule has 0 amide bonds. The molecule has 0 aliphatic carbocycles. The Labute approximate surface area is 192 Å². The van der Waals surface area contributed by atoms with Crippen LogP contribution in [0.4, 0.5) is 0 Å². The number of hydrogen-bond acceptors (Lipinski definition) is 0. The van der Waals surface area contributed by atoms with Crippen LogP contribution in [0.2, 0.25) is 0 Å². The molecule has 1 unspecified atom stereocenters. The van der Waals surface area contributed by atoms with E-state index in [4.69, 9.17) is 0 Å². The van der Waals surface area contributed by atoms with Crippen molar-refractivity contribution in [1.82, 2.24) is 0 Å². The second kappa shape index (κ2) is 14.7. The van der Waals surface area contributed by atoms with Gasteiger partial charge in [-0.25, -0.2) is 0 Å². The zero-order chi connectivity index (χ0) is 20.9. The maximum absolute atomic E-state index is 4.26. The SMILES string of the molecule is C[PH+](C)CC[PH+](CC[PH+](c1ccccc1)c1ccccc1)c1ccccc1.[Cl][Ni]. The van der Waals surface area contributed by atoms with E-state index in [1.807, 2.05) is 0 Å². The van der Waals surface area contributed by atoms with E-state index >= 15 is 0 Å².